The van der Waals surface area contributed by atoms with Crippen molar-refractivity contribution in [3.05, 3.63) is 48.0 Å². The zero-order valence-corrected chi connectivity index (χ0v) is 24.8. The van der Waals surface area contributed by atoms with Gasteiger partial charge in [-0.05, 0) is 130 Å². The Morgan fingerprint density at radius 2 is 1.18 bits per heavy atom. The zero-order chi connectivity index (χ0) is 26.7. The average Bonchev–Trinajstić information content (AvgIpc) is 2.98. The number of nitrogens with zero attached hydrogens (tertiary/aromatic N) is 1. The van der Waals surface area contributed by atoms with Crippen LogP contribution in [0.4, 0.5) is 0 Å². The Balaban J connectivity index is 1.14. The van der Waals surface area contributed by atoms with Gasteiger partial charge in [-0.15, -0.1) is 0 Å². The van der Waals surface area contributed by atoms with E-state index in [1.54, 1.807) is 16.0 Å². The van der Waals surface area contributed by atoms with E-state index in [1.807, 2.05) is 7.05 Å². The maximum absolute atomic E-state index is 11.7. The minimum Gasteiger partial charge on any atom is -0.342 e. The van der Waals surface area contributed by atoms with E-state index in [-0.39, 0.29) is 5.91 Å². The molecule has 1 aromatic rings. The lowest BCUT2D eigenvalue weighted by molar-refractivity contribution is -0.124. The minimum atomic E-state index is 0.0422. The van der Waals surface area contributed by atoms with E-state index in [1.165, 1.54) is 115 Å². The summed E-state index contributed by atoms with van der Waals surface area (Å²) in [7, 11) is 1.89. The molecule has 0 heterocycles. The molecule has 0 unspecified atom stereocenters. The molecule has 0 atom stereocenters. The summed E-state index contributed by atoms with van der Waals surface area (Å²) >= 11 is 0. The third-order valence-corrected chi connectivity index (χ3v) is 10.9. The molecular formula is C36H57NO. The third-order valence-electron chi connectivity index (χ3n) is 10.9. The fourth-order valence-corrected chi connectivity index (χ4v) is 8.26. The van der Waals surface area contributed by atoms with Crippen LogP contribution in [-0.2, 0) is 4.79 Å². The quantitative estimate of drug-likeness (QED) is 0.199. The summed E-state index contributed by atoms with van der Waals surface area (Å²) in [5.41, 5.74) is 3.19. The van der Waals surface area contributed by atoms with Crippen molar-refractivity contribution in [3.8, 4) is 0 Å². The number of unbranched alkanes of at least 4 members (excludes halogenated alkanes) is 2. The maximum Gasteiger partial charge on any atom is 0.245 e. The van der Waals surface area contributed by atoms with Crippen molar-refractivity contribution >= 4 is 5.91 Å². The summed E-state index contributed by atoms with van der Waals surface area (Å²) in [6.45, 7) is 6.77. The second-order valence-corrected chi connectivity index (χ2v) is 13.4. The topological polar surface area (TPSA) is 20.3 Å². The number of hydrogen-bond donors (Lipinski definition) is 0. The van der Waals surface area contributed by atoms with Crippen LogP contribution in [0.25, 0.3) is 0 Å². The van der Waals surface area contributed by atoms with Gasteiger partial charge in [0, 0.05) is 13.6 Å². The molecule has 3 fully saturated rings. The molecule has 2 nitrogen and oxygen atoms in total. The number of carbonyl (C=O) groups excluding carboxylic acids is 1. The molecule has 0 aromatic heterocycles. The Kier molecular flexibility index (Phi) is 11.8. The maximum atomic E-state index is 11.7. The van der Waals surface area contributed by atoms with Crippen molar-refractivity contribution in [2.75, 3.05) is 13.6 Å². The molecule has 0 saturated heterocycles. The van der Waals surface area contributed by atoms with Gasteiger partial charge >= 0.3 is 0 Å². The average molecular weight is 520 g/mol. The van der Waals surface area contributed by atoms with Crippen molar-refractivity contribution in [1.29, 1.82) is 0 Å². The number of amides is 1. The molecule has 0 spiro atoms. The Labute approximate surface area is 235 Å². The first-order valence-electron chi connectivity index (χ1n) is 16.5. The third kappa shape index (κ3) is 8.46. The molecule has 4 rings (SSSR count). The highest BCUT2D eigenvalue weighted by Gasteiger charge is 2.31. The first-order valence-corrected chi connectivity index (χ1v) is 16.5. The van der Waals surface area contributed by atoms with Crippen LogP contribution in [-0.4, -0.2) is 24.4 Å². The normalized spacial score (nSPS) is 30.1. The van der Waals surface area contributed by atoms with Gasteiger partial charge in [-0.1, -0.05) is 76.3 Å². The van der Waals surface area contributed by atoms with Crippen molar-refractivity contribution in [2.45, 2.75) is 134 Å². The lowest BCUT2D eigenvalue weighted by Gasteiger charge is -2.38. The lowest BCUT2D eigenvalue weighted by Crippen LogP contribution is -2.26. The van der Waals surface area contributed by atoms with Gasteiger partial charge in [0.25, 0.3) is 0 Å². The highest BCUT2D eigenvalue weighted by molar-refractivity contribution is 5.86. The second-order valence-electron chi connectivity index (χ2n) is 13.4. The van der Waals surface area contributed by atoms with E-state index in [9.17, 15) is 4.79 Å². The van der Waals surface area contributed by atoms with Gasteiger partial charge in [0.2, 0.25) is 5.91 Å². The highest BCUT2D eigenvalue weighted by Crippen LogP contribution is 2.45. The summed E-state index contributed by atoms with van der Waals surface area (Å²) in [5, 5.41) is 0. The molecule has 0 bridgehead atoms. The molecule has 3 saturated carbocycles. The van der Waals surface area contributed by atoms with Crippen LogP contribution in [0.2, 0.25) is 0 Å². The zero-order valence-electron chi connectivity index (χ0n) is 24.8. The number of rotatable bonds is 12. The van der Waals surface area contributed by atoms with E-state index >= 15 is 0 Å². The first kappa shape index (κ1) is 29.4. The van der Waals surface area contributed by atoms with Crippen LogP contribution in [0.1, 0.15) is 145 Å². The fraction of sp³-hybridized carbons (Fsp3) is 0.750. The molecule has 1 aromatic carbocycles. The minimum absolute atomic E-state index is 0.0422. The van der Waals surface area contributed by atoms with E-state index < -0.39 is 0 Å². The first-order chi connectivity index (χ1) is 18.6. The summed E-state index contributed by atoms with van der Waals surface area (Å²) in [5.74, 6) is 5.52. The smallest absolute Gasteiger partial charge is 0.245 e. The monoisotopic (exact) mass is 519 g/mol. The Morgan fingerprint density at radius 1 is 0.737 bits per heavy atom. The van der Waals surface area contributed by atoms with Gasteiger partial charge in [-0.2, -0.15) is 0 Å². The van der Waals surface area contributed by atoms with Crippen molar-refractivity contribution in [2.24, 2.45) is 23.7 Å². The summed E-state index contributed by atoms with van der Waals surface area (Å²) in [6.07, 6.45) is 26.8. The molecular weight excluding hydrogens is 462 g/mol. The second kappa shape index (κ2) is 15.3. The molecule has 2 heteroatoms. The van der Waals surface area contributed by atoms with Crippen LogP contribution >= 0.6 is 0 Å². The van der Waals surface area contributed by atoms with Crippen LogP contribution < -0.4 is 0 Å². The lowest BCUT2D eigenvalue weighted by atomic mass is 9.68. The van der Waals surface area contributed by atoms with E-state index in [4.69, 9.17) is 0 Å². The Hall–Kier alpha value is -1.57. The SMILES string of the molecule is C=CC(=O)N(C)CCCC1CCC(c2ccc(C3CCC(C4CCC(CCCCC)CC4)CC3)cc2)CC1. The van der Waals surface area contributed by atoms with Crippen LogP contribution in [0.5, 0.6) is 0 Å². The largest absolute Gasteiger partial charge is 0.342 e. The number of benzene rings is 1. The van der Waals surface area contributed by atoms with Crippen LogP contribution in [0, 0.1) is 23.7 Å². The summed E-state index contributed by atoms with van der Waals surface area (Å²) in [4.78, 5) is 13.4. The molecule has 0 N–H and O–H groups in total. The predicted molar refractivity (Wildman–Crippen MR) is 162 cm³/mol. The number of carbonyl (C=O) groups is 1. The Bertz CT molecular complexity index is 819. The van der Waals surface area contributed by atoms with Gasteiger partial charge in [0.1, 0.15) is 0 Å². The van der Waals surface area contributed by atoms with E-state index in [2.05, 4.69) is 37.8 Å². The Morgan fingerprint density at radius 3 is 1.68 bits per heavy atom. The molecule has 0 radical (unpaired) electrons. The molecule has 1 amide bonds. The standard InChI is InChI=1S/C36H57NO/c1-4-6-7-9-28-11-15-30(16-12-28)32-19-23-34(24-20-32)35-25-21-33(22-26-35)31-17-13-29(14-18-31)10-8-27-37(3)36(38)5-2/h5,21-22,25-26,28-32,34H,2,4,6-20,23-24,27H2,1,3H3. The molecule has 212 valence electrons. The van der Waals surface area contributed by atoms with Crippen molar-refractivity contribution in [3.63, 3.8) is 0 Å². The molecule has 3 aliphatic rings. The van der Waals surface area contributed by atoms with E-state index in [0.717, 1.165) is 48.5 Å². The summed E-state index contributed by atoms with van der Waals surface area (Å²) in [6, 6.07) is 9.92. The van der Waals surface area contributed by atoms with Crippen LogP contribution in [0.15, 0.2) is 36.9 Å². The predicted octanol–water partition coefficient (Wildman–Crippen LogP) is 10.0. The number of hydrogen-bond acceptors (Lipinski definition) is 1. The van der Waals surface area contributed by atoms with Gasteiger partial charge < -0.3 is 4.90 Å². The number of likely N-dealkylation sites (N-methyl/N-ethyl adjacent to an activating group) is 1. The van der Waals surface area contributed by atoms with E-state index in [0.29, 0.717) is 0 Å². The summed E-state index contributed by atoms with van der Waals surface area (Å²) < 4.78 is 0. The molecule has 38 heavy (non-hydrogen) atoms. The van der Waals surface area contributed by atoms with Crippen LogP contribution in [0.3, 0.4) is 0 Å². The fourth-order valence-electron chi connectivity index (χ4n) is 8.26. The van der Waals surface area contributed by atoms with Gasteiger partial charge in [-0.3, -0.25) is 4.79 Å². The van der Waals surface area contributed by atoms with Crippen molar-refractivity contribution < 1.29 is 4.79 Å². The molecule has 3 aliphatic carbocycles. The molecule has 0 aliphatic heterocycles. The highest BCUT2D eigenvalue weighted by atomic mass is 16.2. The van der Waals surface area contributed by atoms with Gasteiger partial charge in [-0.25, -0.2) is 0 Å². The van der Waals surface area contributed by atoms with Gasteiger partial charge in [0.15, 0.2) is 0 Å². The van der Waals surface area contributed by atoms with Gasteiger partial charge in [0.05, 0.1) is 0 Å². The van der Waals surface area contributed by atoms with Crippen molar-refractivity contribution in [1.82, 2.24) is 4.90 Å².